The molecule has 2 heteroatoms. The van der Waals surface area contributed by atoms with E-state index >= 15 is 0 Å². The lowest BCUT2D eigenvalue weighted by molar-refractivity contribution is 1.29. The Labute approximate surface area is 445 Å². The number of hydrogen-bond acceptors (Lipinski definition) is 2. The summed E-state index contributed by atoms with van der Waals surface area (Å²) in [6.07, 6.45) is 0. The van der Waals surface area contributed by atoms with E-state index in [1.807, 2.05) is 0 Å². The van der Waals surface area contributed by atoms with Gasteiger partial charge < -0.3 is 9.80 Å². The smallest absolute Gasteiger partial charge is 0.0468 e. The maximum absolute atomic E-state index is 2.44. The first kappa shape index (κ1) is 45.8. The van der Waals surface area contributed by atoms with Crippen molar-refractivity contribution >= 4 is 55.7 Å². The molecule has 0 unspecified atom stereocenters. The van der Waals surface area contributed by atoms with Gasteiger partial charge in [0.1, 0.15) is 0 Å². The molecule has 0 radical (unpaired) electrons. The molecular weight excluding hydrogens is 917 g/mol. The van der Waals surface area contributed by atoms with E-state index < -0.39 is 0 Å². The molecule has 0 heterocycles. The Morgan fingerprint density at radius 3 is 0.750 bits per heavy atom. The summed E-state index contributed by atoms with van der Waals surface area (Å²) in [7, 11) is 0. The van der Waals surface area contributed by atoms with E-state index in [0.29, 0.717) is 0 Å². The van der Waals surface area contributed by atoms with Crippen LogP contribution in [0.4, 0.5) is 34.1 Å². The van der Waals surface area contributed by atoms with E-state index in [0.717, 1.165) is 44.9 Å². The van der Waals surface area contributed by atoms with Crippen LogP contribution in [0.25, 0.3) is 88.3 Å². The Kier molecular flexibility index (Phi) is 12.3. The number of benzene rings is 13. The Hall–Kier alpha value is -10.0. The van der Waals surface area contributed by atoms with E-state index in [4.69, 9.17) is 0 Å². The second kappa shape index (κ2) is 20.5. The molecule has 0 atom stereocenters. The van der Waals surface area contributed by atoms with E-state index in [1.54, 1.807) is 0 Å². The molecule has 0 aliphatic rings. The highest BCUT2D eigenvalue weighted by Gasteiger charge is 2.25. The van der Waals surface area contributed by atoms with Gasteiger partial charge in [0, 0.05) is 34.1 Å². The SMILES string of the molecule is c1ccc(-c2ccc(N(c3ccccc3)c3ccc4c(-c5ccccc5-c5ccccc5)c5cc(N(c6ccccc6)c6ccc(-c7ccccc7)cc6)ccc5c(-c5ccccc5-c5ccccc5)c4c3)cc2)cc1. The molecule has 0 spiro atoms. The maximum atomic E-state index is 2.44. The number of rotatable bonds is 12. The number of anilines is 6. The van der Waals surface area contributed by atoms with Gasteiger partial charge in [-0.1, -0.05) is 243 Å². The van der Waals surface area contributed by atoms with Crippen molar-refractivity contribution in [3.63, 3.8) is 0 Å². The number of nitrogens with zero attached hydrogens (tertiary/aromatic N) is 2. The Morgan fingerprint density at radius 1 is 0.158 bits per heavy atom. The molecule has 0 aliphatic carbocycles. The summed E-state index contributed by atoms with van der Waals surface area (Å²) < 4.78 is 0. The number of fused-ring (bicyclic) bond motifs is 2. The van der Waals surface area contributed by atoms with Gasteiger partial charge in [0.05, 0.1) is 0 Å². The lowest BCUT2D eigenvalue weighted by Gasteiger charge is -2.29. The van der Waals surface area contributed by atoms with Gasteiger partial charge in [-0.05, 0) is 161 Å². The van der Waals surface area contributed by atoms with Crippen LogP contribution in [-0.2, 0) is 0 Å². The van der Waals surface area contributed by atoms with Crippen LogP contribution in [0.3, 0.4) is 0 Å². The molecule has 0 aromatic heterocycles. The largest absolute Gasteiger partial charge is 0.310 e. The molecule has 76 heavy (non-hydrogen) atoms. The summed E-state index contributed by atoms with van der Waals surface area (Å²) in [5.74, 6) is 0. The Bertz CT molecular complexity index is 3830. The fourth-order valence-electron chi connectivity index (χ4n) is 11.1. The van der Waals surface area contributed by atoms with Gasteiger partial charge >= 0.3 is 0 Å². The quantitative estimate of drug-likeness (QED) is 0.113. The molecule has 358 valence electrons. The molecule has 0 fully saturated rings. The molecular formula is C74H52N2. The summed E-state index contributed by atoms with van der Waals surface area (Å²) in [4.78, 5) is 4.79. The molecule has 2 nitrogen and oxygen atoms in total. The molecule has 0 amide bonds. The highest BCUT2D eigenvalue weighted by Crippen LogP contribution is 2.51. The van der Waals surface area contributed by atoms with E-state index in [-0.39, 0.29) is 0 Å². The van der Waals surface area contributed by atoms with Crippen LogP contribution in [0.2, 0.25) is 0 Å². The van der Waals surface area contributed by atoms with Crippen LogP contribution in [0, 0.1) is 0 Å². The second-order valence-electron chi connectivity index (χ2n) is 19.2. The maximum Gasteiger partial charge on any atom is 0.0468 e. The fourth-order valence-corrected chi connectivity index (χ4v) is 11.1. The van der Waals surface area contributed by atoms with Crippen molar-refractivity contribution in [2.45, 2.75) is 0 Å². The van der Waals surface area contributed by atoms with Crippen molar-refractivity contribution in [2.24, 2.45) is 0 Å². The first-order valence-electron chi connectivity index (χ1n) is 26.1. The number of para-hydroxylation sites is 2. The van der Waals surface area contributed by atoms with Crippen molar-refractivity contribution in [3.05, 3.63) is 315 Å². The first-order valence-corrected chi connectivity index (χ1v) is 26.1. The molecule has 13 aromatic carbocycles. The van der Waals surface area contributed by atoms with Gasteiger partial charge in [-0.3, -0.25) is 0 Å². The van der Waals surface area contributed by atoms with Crippen molar-refractivity contribution in [3.8, 4) is 66.8 Å². The van der Waals surface area contributed by atoms with Gasteiger partial charge in [0.15, 0.2) is 0 Å². The fraction of sp³-hybridized carbons (Fsp3) is 0. The molecule has 0 N–H and O–H groups in total. The van der Waals surface area contributed by atoms with Gasteiger partial charge in [-0.15, -0.1) is 0 Å². The predicted molar refractivity (Wildman–Crippen MR) is 323 cm³/mol. The summed E-state index contributed by atoms with van der Waals surface area (Å²) in [6, 6.07) is 115. The summed E-state index contributed by atoms with van der Waals surface area (Å²) in [5.41, 5.74) is 20.6. The molecule has 0 saturated heterocycles. The van der Waals surface area contributed by atoms with Crippen LogP contribution < -0.4 is 9.80 Å². The molecule has 13 rings (SSSR count). The van der Waals surface area contributed by atoms with Crippen molar-refractivity contribution in [1.29, 1.82) is 0 Å². The zero-order chi connectivity index (χ0) is 50.6. The van der Waals surface area contributed by atoms with E-state index in [2.05, 4.69) is 325 Å². The number of hydrogen-bond donors (Lipinski definition) is 0. The van der Waals surface area contributed by atoms with Crippen LogP contribution in [0.15, 0.2) is 315 Å². The summed E-state index contributed by atoms with van der Waals surface area (Å²) in [5, 5.41) is 4.66. The van der Waals surface area contributed by atoms with Gasteiger partial charge in [-0.2, -0.15) is 0 Å². The zero-order valence-electron chi connectivity index (χ0n) is 41.9. The van der Waals surface area contributed by atoms with E-state index in [9.17, 15) is 0 Å². The van der Waals surface area contributed by atoms with Crippen molar-refractivity contribution < 1.29 is 0 Å². The highest BCUT2D eigenvalue weighted by atomic mass is 15.1. The van der Waals surface area contributed by atoms with Crippen molar-refractivity contribution in [1.82, 2.24) is 0 Å². The normalized spacial score (nSPS) is 11.2. The van der Waals surface area contributed by atoms with Crippen LogP contribution in [0.1, 0.15) is 0 Å². The monoisotopic (exact) mass is 968 g/mol. The second-order valence-corrected chi connectivity index (χ2v) is 19.2. The topological polar surface area (TPSA) is 6.48 Å². The average molecular weight is 969 g/mol. The first-order chi connectivity index (χ1) is 37.7. The van der Waals surface area contributed by atoms with Crippen LogP contribution in [-0.4, -0.2) is 0 Å². The minimum Gasteiger partial charge on any atom is -0.310 e. The third-order valence-electron chi connectivity index (χ3n) is 14.7. The van der Waals surface area contributed by atoms with Crippen LogP contribution >= 0.6 is 0 Å². The summed E-state index contributed by atoms with van der Waals surface area (Å²) >= 11 is 0. The molecule has 0 bridgehead atoms. The summed E-state index contributed by atoms with van der Waals surface area (Å²) in [6.45, 7) is 0. The van der Waals surface area contributed by atoms with Crippen LogP contribution in [0.5, 0.6) is 0 Å². The van der Waals surface area contributed by atoms with Gasteiger partial charge in [0.25, 0.3) is 0 Å². The van der Waals surface area contributed by atoms with Gasteiger partial charge in [0.2, 0.25) is 0 Å². The zero-order valence-corrected chi connectivity index (χ0v) is 41.9. The van der Waals surface area contributed by atoms with Crippen molar-refractivity contribution in [2.75, 3.05) is 9.80 Å². The lowest BCUT2D eigenvalue weighted by Crippen LogP contribution is -2.10. The molecule has 0 saturated carbocycles. The van der Waals surface area contributed by atoms with Gasteiger partial charge in [-0.25, -0.2) is 0 Å². The third kappa shape index (κ3) is 8.78. The van der Waals surface area contributed by atoms with E-state index in [1.165, 1.54) is 77.5 Å². The minimum absolute atomic E-state index is 1.07. The molecule has 0 aliphatic heterocycles. The average Bonchev–Trinajstić information content (AvgIpc) is 3.55. The molecule has 13 aromatic rings. The predicted octanol–water partition coefficient (Wildman–Crippen LogP) is 20.9. The Morgan fingerprint density at radius 2 is 0.408 bits per heavy atom. The minimum atomic E-state index is 1.07. The standard InChI is InChI=1S/C74H52N2/c1-7-23-53(24-8-1)55-39-43-61(44-40-55)75(59-31-15-5-16-32-59)63-47-49-69-71(51-63)73(67-37-21-19-35-65(67)57-27-11-3-12-28-57)70-50-48-64(52-72(70)74(69)68-38-22-20-36-66(68)58-29-13-4-14-30-58)76(60-33-17-6-18-34-60)62-45-41-56(42-46-62)54-25-9-2-10-26-54/h1-52H. The third-order valence-corrected chi connectivity index (χ3v) is 14.7. The highest BCUT2D eigenvalue weighted by molar-refractivity contribution is 6.24. The lowest BCUT2D eigenvalue weighted by atomic mass is 9.82. The Balaban J connectivity index is 1.12.